The Morgan fingerprint density at radius 1 is 0.917 bits per heavy atom. The van der Waals surface area contributed by atoms with Gasteiger partial charge in [-0.25, -0.2) is 0 Å². The number of carbonyl (C=O) groups is 2. The molecule has 6 rings (SSSR count). The van der Waals surface area contributed by atoms with Gasteiger partial charge < -0.3 is 14.8 Å². The van der Waals surface area contributed by atoms with E-state index in [1.54, 1.807) is 4.90 Å². The van der Waals surface area contributed by atoms with Crippen molar-refractivity contribution in [3.63, 3.8) is 0 Å². The number of aromatic amines is 1. The number of amides is 2. The third kappa shape index (κ3) is 3.45. The van der Waals surface area contributed by atoms with Crippen molar-refractivity contribution in [2.45, 2.75) is 38.1 Å². The van der Waals surface area contributed by atoms with Crippen LogP contribution in [0.25, 0.3) is 10.9 Å². The number of nitrogens with zero attached hydrogens (tertiary/aromatic N) is 2. The van der Waals surface area contributed by atoms with Crippen LogP contribution in [0.1, 0.15) is 47.7 Å². The summed E-state index contributed by atoms with van der Waals surface area (Å²) in [5.74, 6) is -0.00184. The zero-order valence-electron chi connectivity index (χ0n) is 20.8. The van der Waals surface area contributed by atoms with E-state index < -0.39 is 5.54 Å². The number of rotatable bonds is 5. The van der Waals surface area contributed by atoms with Crippen LogP contribution in [0.2, 0.25) is 0 Å². The molecule has 5 heteroatoms. The minimum Gasteiger partial charge on any atom is -0.356 e. The summed E-state index contributed by atoms with van der Waals surface area (Å²) in [5.41, 5.74) is 5.56. The van der Waals surface area contributed by atoms with Crippen LogP contribution < -0.4 is 0 Å². The number of benzene rings is 3. The zero-order valence-corrected chi connectivity index (χ0v) is 20.8. The van der Waals surface area contributed by atoms with E-state index in [0.717, 1.165) is 40.6 Å². The van der Waals surface area contributed by atoms with Gasteiger partial charge in [-0.1, -0.05) is 79.7 Å². The quantitative estimate of drug-likeness (QED) is 0.440. The van der Waals surface area contributed by atoms with Gasteiger partial charge in [-0.05, 0) is 48.1 Å². The van der Waals surface area contributed by atoms with Gasteiger partial charge >= 0.3 is 0 Å². The van der Waals surface area contributed by atoms with Crippen LogP contribution in [0.3, 0.4) is 0 Å². The maximum Gasteiger partial charge on any atom is 0.254 e. The molecule has 2 aliphatic heterocycles. The first-order valence-electron chi connectivity index (χ1n) is 12.8. The van der Waals surface area contributed by atoms with E-state index >= 15 is 0 Å². The highest BCUT2D eigenvalue weighted by atomic mass is 16.2. The first-order chi connectivity index (χ1) is 17.5. The Morgan fingerprint density at radius 2 is 1.64 bits per heavy atom. The third-order valence-corrected chi connectivity index (χ3v) is 8.12. The average molecular weight is 478 g/mol. The number of para-hydroxylation sites is 1. The van der Waals surface area contributed by atoms with Crippen LogP contribution in [0.5, 0.6) is 0 Å². The summed E-state index contributed by atoms with van der Waals surface area (Å²) < 4.78 is 0. The molecule has 1 fully saturated rings. The molecule has 2 atom stereocenters. The molecular weight excluding hydrogens is 446 g/mol. The Bertz CT molecular complexity index is 1440. The molecule has 0 unspecified atom stereocenters. The van der Waals surface area contributed by atoms with Crippen molar-refractivity contribution in [2.75, 3.05) is 19.6 Å². The lowest BCUT2D eigenvalue weighted by molar-refractivity contribution is -0.166. The van der Waals surface area contributed by atoms with Crippen molar-refractivity contribution in [1.82, 2.24) is 14.8 Å². The summed E-state index contributed by atoms with van der Waals surface area (Å²) in [4.78, 5) is 34.9. The van der Waals surface area contributed by atoms with Crippen molar-refractivity contribution in [3.05, 3.63) is 107 Å². The molecule has 182 valence electrons. The Balaban J connectivity index is 1.44. The second-order valence-corrected chi connectivity index (χ2v) is 10.1. The normalized spacial score (nSPS) is 21.6. The SMILES string of the molecule is CCc1ccc([C@H]2CN3C(=O)CN(CCc4ccccc4)C(=O)[C@]3(C)c3[nH]c4ccccc4c32)cc1. The predicted molar refractivity (Wildman–Crippen MR) is 142 cm³/mol. The standard InChI is InChI=1S/C31H31N3O2/c1-3-21-13-15-23(16-14-21)25-19-34-27(35)20-33(18-17-22-9-5-4-6-10-22)30(36)31(34,2)29-28(25)24-11-7-8-12-26(24)32-29/h4-16,25,32H,3,17-20H2,1-2H3/t25-,31+/m1/s1. The summed E-state index contributed by atoms with van der Waals surface area (Å²) in [6, 6.07) is 27.1. The van der Waals surface area contributed by atoms with Gasteiger partial charge in [-0.3, -0.25) is 9.59 Å². The number of hydrogen-bond donors (Lipinski definition) is 1. The number of aromatic nitrogens is 1. The largest absolute Gasteiger partial charge is 0.356 e. The zero-order chi connectivity index (χ0) is 24.9. The Hall–Kier alpha value is -3.86. The first-order valence-corrected chi connectivity index (χ1v) is 12.8. The second kappa shape index (κ2) is 8.66. The summed E-state index contributed by atoms with van der Waals surface area (Å²) in [7, 11) is 0. The molecule has 2 aliphatic rings. The Morgan fingerprint density at radius 3 is 2.39 bits per heavy atom. The van der Waals surface area contributed by atoms with Gasteiger partial charge in [0, 0.05) is 29.9 Å². The number of nitrogens with one attached hydrogen (secondary N) is 1. The summed E-state index contributed by atoms with van der Waals surface area (Å²) in [6.07, 6.45) is 1.71. The molecule has 1 N–H and O–H groups in total. The molecule has 5 nitrogen and oxygen atoms in total. The van der Waals surface area contributed by atoms with Crippen molar-refractivity contribution in [1.29, 1.82) is 0 Å². The average Bonchev–Trinajstić information content (AvgIpc) is 3.32. The maximum absolute atomic E-state index is 14.1. The molecule has 36 heavy (non-hydrogen) atoms. The fourth-order valence-electron chi connectivity index (χ4n) is 6.05. The molecular formula is C31H31N3O2. The molecule has 0 bridgehead atoms. The number of aryl methyl sites for hydroxylation is 1. The highest BCUT2D eigenvalue weighted by Crippen LogP contribution is 2.48. The summed E-state index contributed by atoms with van der Waals surface area (Å²) >= 11 is 0. The van der Waals surface area contributed by atoms with E-state index in [-0.39, 0.29) is 24.3 Å². The van der Waals surface area contributed by atoms with Crippen LogP contribution in [-0.2, 0) is 28.0 Å². The van der Waals surface area contributed by atoms with E-state index in [0.29, 0.717) is 13.1 Å². The lowest BCUT2D eigenvalue weighted by Gasteiger charge is -2.51. The monoisotopic (exact) mass is 477 g/mol. The first kappa shape index (κ1) is 22.6. The van der Waals surface area contributed by atoms with Crippen LogP contribution >= 0.6 is 0 Å². The van der Waals surface area contributed by atoms with Crippen LogP contribution in [0.15, 0.2) is 78.9 Å². The van der Waals surface area contributed by atoms with Gasteiger partial charge in [0.1, 0.15) is 0 Å². The van der Waals surface area contributed by atoms with Gasteiger partial charge in [0.05, 0.1) is 12.2 Å². The van der Waals surface area contributed by atoms with Gasteiger partial charge in [-0.15, -0.1) is 0 Å². The molecule has 3 aromatic carbocycles. The third-order valence-electron chi connectivity index (χ3n) is 8.12. The lowest BCUT2D eigenvalue weighted by atomic mass is 9.76. The van der Waals surface area contributed by atoms with Crippen molar-refractivity contribution in [2.24, 2.45) is 0 Å². The van der Waals surface area contributed by atoms with E-state index in [9.17, 15) is 9.59 Å². The number of carbonyl (C=O) groups excluding carboxylic acids is 2. The van der Waals surface area contributed by atoms with E-state index in [1.807, 2.05) is 42.2 Å². The molecule has 0 saturated carbocycles. The maximum atomic E-state index is 14.1. The van der Waals surface area contributed by atoms with Gasteiger partial charge in [0.15, 0.2) is 5.54 Å². The Labute approximate surface area is 211 Å². The molecule has 0 spiro atoms. The molecule has 0 radical (unpaired) electrons. The molecule has 4 aromatic rings. The van der Waals surface area contributed by atoms with E-state index in [2.05, 4.69) is 60.4 Å². The number of hydrogen-bond acceptors (Lipinski definition) is 2. The van der Waals surface area contributed by atoms with Crippen LogP contribution in [0, 0.1) is 0 Å². The molecule has 0 aliphatic carbocycles. The smallest absolute Gasteiger partial charge is 0.254 e. The van der Waals surface area contributed by atoms with Crippen molar-refractivity contribution < 1.29 is 9.59 Å². The van der Waals surface area contributed by atoms with Crippen LogP contribution in [0.4, 0.5) is 0 Å². The summed E-state index contributed by atoms with van der Waals surface area (Å²) in [6.45, 7) is 5.22. The molecule has 2 amide bonds. The van der Waals surface area contributed by atoms with Crippen molar-refractivity contribution in [3.8, 4) is 0 Å². The number of H-pyrrole nitrogens is 1. The minimum absolute atomic E-state index is 0.00255. The molecule has 3 heterocycles. The van der Waals surface area contributed by atoms with Crippen LogP contribution in [-0.4, -0.2) is 46.2 Å². The predicted octanol–water partition coefficient (Wildman–Crippen LogP) is 5.00. The number of fused-ring (bicyclic) bond motifs is 5. The second-order valence-electron chi connectivity index (χ2n) is 10.1. The fourth-order valence-corrected chi connectivity index (χ4v) is 6.05. The highest BCUT2D eigenvalue weighted by molar-refractivity contribution is 6.01. The Kier molecular flexibility index (Phi) is 5.44. The van der Waals surface area contributed by atoms with Gasteiger partial charge in [-0.2, -0.15) is 0 Å². The summed E-state index contributed by atoms with van der Waals surface area (Å²) in [5, 5.41) is 1.12. The topological polar surface area (TPSA) is 56.4 Å². The lowest BCUT2D eigenvalue weighted by Crippen LogP contribution is -2.67. The number of piperazine rings is 1. The van der Waals surface area contributed by atoms with Gasteiger partial charge in [0.25, 0.3) is 5.91 Å². The van der Waals surface area contributed by atoms with Gasteiger partial charge in [0.2, 0.25) is 5.91 Å². The van der Waals surface area contributed by atoms with E-state index in [1.165, 1.54) is 11.1 Å². The molecule has 1 aromatic heterocycles. The van der Waals surface area contributed by atoms with Crippen molar-refractivity contribution >= 4 is 22.7 Å². The highest BCUT2D eigenvalue weighted by Gasteiger charge is 2.56. The van der Waals surface area contributed by atoms with E-state index in [4.69, 9.17) is 0 Å². The molecule has 1 saturated heterocycles. The fraction of sp³-hybridized carbons (Fsp3) is 0.290. The minimum atomic E-state index is -1.06.